The molecule has 1 amide bonds. The summed E-state index contributed by atoms with van der Waals surface area (Å²) in [7, 11) is 0. The Balaban J connectivity index is 1.14. The van der Waals surface area contributed by atoms with Gasteiger partial charge in [-0.3, -0.25) is 14.9 Å². The highest BCUT2D eigenvalue weighted by molar-refractivity contribution is 5.70. The van der Waals surface area contributed by atoms with E-state index in [1.54, 1.807) is 17.3 Å². The van der Waals surface area contributed by atoms with Crippen LogP contribution in [0.25, 0.3) is 0 Å². The molecule has 0 aliphatic carbocycles. The predicted octanol–water partition coefficient (Wildman–Crippen LogP) is 4.16. The minimum Gasteiger partial charge on any atom is -0.492 e. The minimum absolute atomic E-state index is 0.281. The first-order valence-corrected chi connectivity index (χ1v) is 11.9. The van der Waals surface area contributed by atoms with Gasteiger partial charge in [-0.05, 0) is 68.3 Å². The van der Waals surface area contributed by atoms with Crippen molar-refractivity contribution in [3.8, 4) is 11.5 Å². The third kappa shape index (κ3) is 7.28. The van der Waals surface area contributed by atoms with E-state index in [-0.39, 0.29) is 6.09 Å². The van der Waals surface area contributed by atoms with Crippen molar-refractivity contribution < 1.29 is 14.3 Å². The highest BCUT2D eigenvalue weighted by Crippen LogP contribution is 2.16. The van der Waals surface area contributed by atoms with Crippen LogP contribution < -0.4 is 9.47 Å². The van der Waals surface area contributed by atoms with Gasteiger partial charge < -0.3 is 14.4 Å². The normalized spacial score (nSPS) is 14.1. The van der Waals surface area contributed by atoms with Gasteiger partial charge in [0.25, 0.3) is 0 Å². The van der Waals surface area contributed by atoms with Gasteiger partial charge in [0.05, 0.1) is 12.8 Å². The molecule has 1 fully saturated rings. The smallest absolute Gasteiger partial charge is 0.415 e. The van der Waals surface area contributed by atoms with Crippen LogP contribution in [0.5, 0.6) is 11.5 Å². The number of benzene rings is 1. The Labute approximate surface area is 201 Å². The maximum Gasteiger partial charge on any atom is 0.415 e. The first-order chi connectivity index (χ1) is 16.7. The zero-order valence-corrected chi connectivity index (χ0v) is 19.7. The van der Waals surface area contributed by atoms with Gasteiger partial charge in [-0.2, -0.15) is 0 Å². The zero-order valence-electron chi connectivity index (χ0n) is 19.7. The number of ether oxygens (including phenoxy) is 2. The lowest BCUT2D eigenvalue weighted by Crippen LogP contribution is -2.49. The molecule has 1 aliphatic rings. The molecular formula is C27H32N4O3. The van der Waals surface area contributed by atoms with Crippen molar-refractivity contribution in [1.29, 1.82) is 0 Å². The number of aromatic nitrogens is 2. The van der Waals surface area contributed by atoms with Crippen LogP contribution in [0.1, 0.15) is 23.4 Å². The van der Waals surface area contributed by atoms with E-state index < -0.39 is 0 Å². The average molecular weight is 461 g/mol. The van der Waals surface area contributed by atoms with Crippen LogP contribution in [0.2, 0.25) is 0 Å². The molecule has 1 aliphatic heterocycles. The number of nitrogens with zero attached hydrogens (tertiary/aromatic N) is 4. The number of hydrogen-bond donors (Lipinski definition) is 0. The van der Waals surface area contributed by atoms with Crippen LogP contribution in [0, 0.1) is 6.92 Å². The molecule has 1 aromatic carbocycles. The Bertz CT molecular complexity index is 1040. The summed E-state index contributed by atoms with van der Waals surface area (Å²) in [6.45, 7) is 6.71. The Morgan fingerprint density at radius 2 is 1.76 bits per heavy atom. The maximum atomic E-state index is 12.6. The number of carbonyl (C=O) groups excluding carboxylic acids is 1. The Morgan fingerprint density at radius 3 is 2.50 bits per heavy atom. The molecule has 178 valence electrons. The molecule has 0 atom stereocenters. The highest BCUT2D eigenvalue weighted by Gasteiger charge is 2.22. The van der Waals surface area contributed by atoms with Gasteiger partial charge in [0.2, 0.25) is 0 Å². The number of aryl methyl sites for hydroxylation is 2. The second-order valence-electron chi connectivity index (χ2n) is 8.50. The van der Waals surface area contributed by atoms with Gasteiger partial charge in [0.1, 0.15) is 11.5 Å². The number of hydrogen-bond acceptors (Lipinski definition) is 6. The fourth-order valence-corrected chi connectivity index (χ4v) is 3.99. The third-order valence-electron chi connectivity index (χ3n) is 5.91. The third-order valence-corrected chi connectivity index (χ3v) is 5.91. The molecule has 3 aromatic rings. The number of amides is 1. The van der Waals surface area contributed by atoms with Crippen LogP contribution in [-0.4, -0.2) is 65.2 Å². The fourth-order valence-electron chi connectivity index (χ4n) is 3.99. The zero-order chi connectivity index (χ0) is 23.6. The Hall–Kier alpha value is -3.45. The summed E-state index contributed by atoms with van der Waals surface area (Å²) in [6, 6.07) is 17.5. The van der Waals surface area contributed by atoms with Gasteiger partial charge in [0.15, 0.2) is 0 Å². The standard InChI is InChI=1S/C27H32N4O3/c1-22-5-2-6-24(29-22)7-4-15-30-16-18-31(19-17-30)27(32)34-25-11-9-23(10-12-25)13-20-33-26-8-3-14-28-21-26/h2-3,5-6,8-12,14,21H,4,7,13,15-20H2,1H3. The van der Waals surface area contributed by atoms with E-state index in [0.717, 1.165) is 61.6 Å². The van der Waals surface area contributed by atoms with Crippen molar-refractivity contribution >= 4 is 6.09 Å². The van der Waals surface area contributed by atoms with Crippen molar-refractivity contribution in [2.24, 2.45) is 0 Å². The van der Waals surface area contributed by atoms with E-state index in [0.29, 0.717) is 25.4 Å². The van der Waals surface area contributed by atoms with E-state index >= 15 is 0 Å². The second-order valence-corrected chi connectivity index (χ2v) is 8.50. The van der Waals surface area contributed by atoms with Gasteiger partial charge in [-0.25, -0.2) is 4.79 Å². The van der Waals surface area contributed by atoms with Crippen molar-refractivity contribution in [2.45, 2.75) is 26.2 Å². The first-order valence-electron chi connectivity index (χ1n) is 11.9. The molecule has 34 heavy (non-hydrogen) atoms. The van der Waals surface area contributed by atoms with E-state index in [2.05, 4.69) is 27.0 Å². The van der Waals surface area contributed by atoms with Crippen LogP contribution in [0.4, 0.5) is 4.79 Å². The minimum atomic E-state index is -0.281. The monoisotopic (exact) mass is 460 g/mol. The molecule has 2 aromatic heterocycles. The number of rotatable bonds is 9. The van der Waals surface area contributed by atoms with Crippen molar-refractivity contribution in [3.63, 3.8) is 0 Å². The molecule has 0 radical (unpaired) electrons. The molecule has 1 saturated heterocycles. The summed E-state index contributed by atoms with van der Waals surface area (Å²) < 4.78 is 11.3. The number of carbonyl (C=O) groups is 1. The molecule has 0 bridgehead atoms. The second kappa shape index (κ2) is 12.1. The summed E-state index contributed by atoms with van der Waals surface area (Å²) in [5, 5.41) is 0. The fraction of sp³-hybridized carbons (Fsp3) is 0.370. The molecule has 0 spiro atoms. The molecule has 0 saturated carbocycles. The summed E-state index contributed by atoms with van der Waals surface area (Å²) >= 11 is 0. The van der Waals surface area contributed by atoms with E-state index in [9.17, 15) is 4.79 Å². The van der Waals surface area contributed by atoms with Gasteiger partial charge in [-0.15, -0.1) is 0 Å². The van der Waals surface area contributed by atoms with Crippen LogP contribution in [0.3, 0.4) is 0 Å². The number of pyridine rings is 2. The predicted molar refractivity (Wildman–Crippen MR) is 131 cm³/mol. The topological polar surface area (TPSA) is 67.8 Å². The van der Waals surface area contributed by atoms with Gasteiger partial charge in [-0.1, -0.05) is 18.2 Å². The molecule has 0 unspecified atom stereocenters. The van der Waals surface area contributed by atoms with Crippen LogP contribution in [0.15, 0.2) is 67.0 Å². The van der Waals surface area contributed by atoms with Crippen LogP contribution >= 0.6 is 0 Å². The first kappa shape index (κ1) is 23.7. The molecule has 4 rings (SSSR count). The SMILES string of the molecule is Cc1cccc(CCCN2CCN(C(=O)Oc3ccc(CCOc4cccnc4)cc3)CC2)n1. The lowest BCUT2D eigenvalue weighted by molar-refractivity contribution is 0.110. The van der Waals surface area contributed by atoms with Crippen molar-refractivity contribution in [1.82, 2.24) is 19.8 Å². The molecule has 7 heteroatoms. The Kier molecular flexibility index (Phi) is 8.46. The van der Waals surface area contributed by atoms with Gasteiger partial charge >= 0.3 is 6.09 Å². The molecule has 3 heterocycles. The van der Waals surface area contributed by atoms with E-state index in [4.69, 9.17) is 9.47 Å². The lowest BCUT2D eigenvalue weighted by Gasteiger charge is -2.34. The number of piperazine rings is 1. The Morgan fingerprint density at radius 1 is 0.941 bits per heavy atom. The average Bonchev–Trinajstić information content (AvgIpc) is 2.86. The van der Waals surface area contributed by atoms with Crippen molar-refractivity contribution in [2.75, 3.05) is 39.3 Å². The molecule has 7 nitrogen and oxygen atoms in total. The quantitative estimate of drug-likeness (QED) is 0.478. The van der Waals surface area contributed by atoms with Gasteiger partial charge in [0, 0.05) is 50.2 Å². The summed E-state index contributed by atoms with van der Waals surface area (Å²) in [5.74, 6) is 1.33. The largest absolute Gasteiger partial charge is 0.492 e. The molecular weight excluding hydrogens is 428 g/mol. The molecule has 0 N–H and O–H groups in total. The lowest BCUT2D eigenvalue weighted by atomic mass is 10.1. The summed E-state index contributed by atoms with van der Waals surface area (Å²) in [5.41, 5.74) is 3.33. The van der Waals surface area contributed by atoms with E-state index in [1.807, 2.05) is 49.4 Å². The van der Waals surface area contributed by atoms with E-state index in [1.165, 1.54) is 0 Å². The highest BCUT2D eigenvalue weighted by atomic mass is 16.6. The summed E-state index contributed by atoms with van der Waals surface area (Å²) in [6.07, 6.45) is 5.96. The van der Waals surface area contributed by atoms with Crippen LogP contribution in [-0.2, 0) is 12.8 Å². The summed E-state index contributed by atoms with van der Waals surface area (Å²) in [4.78, 5) is 25.4. The van der Waals surface area contributed by atoms with Crippen molar-refractivity contribution in [3.05, 3.63) is 83.9 Å². The maximum absolute atomic E-state index is 12.6.